The number of allylic oxidation sites excluding steroid dienone is 4. The van der Waals surface area contributed by atoms with Gasteiger partial charge in [0.1, 0.15) is 0 Å². The Morgan fingerprint density at radius 1 is 0.625 bits per heavy atom. The Morgan fingerprint density at radius 3 is 1.54 bits per heavy atom. The van der Waals surface area contributed by atoms with Crippen molar-refractivity contribution in [2.75, 3.05) is 0 Å². The summed E-state index contributed by atoms with van der Waals surface area (Å²) in [5, 5.41) is 8.52. The lowest BCUT2D eigenvalue weighted by molar-refractivity contribution is -0.137. The van der Waals surface area contributed by atoms with Crippen LogP contribution in [0.15, 0.2) is 24.3 Å². The predicted octanol–water partition coefficient (Wildman–Crippen LogP) is 7.44. The molecule has 0 bridgehead atoms. The Hall–Kier alpha value is -1.05. The first-order valence-electron chi connectivity index (χ1n) is 10.3. The molecule has 2 heteroatoms. The topological polar surface area (TPSA) is 37.3 Å². The van der Waals surface area contributed by atoms with E-state index in [1.165, 1.54) is 70.6 Å². The lowest BCUT2D eigenvalue weighted by Crippen LogP contribution is -1.92. The first-order valence-corrected chi connectivity index (χ1v) is 10.3. The molecule has 140 valence electrons. The Kier molecular flexibility index (Phi) is 19.1. The van der Waals surface area contributed by atoms with Gasteiger partial charge in [-0.25, -0.2) is 0 Å². The number of hydrogen-bond donors (Lipinski definition) is 1. The highest BCUT2D eigenvalue weighted by Crippen LogP contribution is 2.11. The maximum atomic E-state index is 10.3. The minimum atomic E-state index is -0.696. The maximum Gasteiger partial charge on any atom is 0.303 e. The number of rotatable bonds is 18. The molecule has 0 aromatic carbocycles. The smallest absolute Gasteiger partial charge is 0.303 e. The summed E-state index contributed by atoms with van der Waals surface area (Å²) in [5.41, 5.74) is 0. The van der Waals surface area contributed by atoms with Crippen molar-refractivity contribution >= 4 is 5.97 Å². The van der Waals surface area contributed by atoms with Gasteiger partial charge in [0.05, 0.1) is 0 Å². The Morgan fingerprint density at radius 2 is 1.04 bits per heavy atom. The highest BCUT2D eigenvalue weighted by atomic mass is 16.4. The monoisotopic (exact) mass is 336 g/mol. The molecule has 0 aromatic heterocycles. The summed E-state index contributed by atoms with van der Waals surface area (Å²) in [5.74, 6) is -0.696. The van der Waals surface area contributed by atoms with Crippen molar-refractivity contribution < 1.29 is 9.90 Å². The second kappa shape index (κ2) is 20.0. The zero-order valence-corrected chi connectivity index (χ0v) is 16.0. The lowest BCUT2D eigenvalue weighted by Gasteiger charge is -2.01. The summed E-state index contributed by atoms with van der Waals surface area (Å²) in [6.07, 6.45) is 28.2. The van der Waals surface area contributed by atoms with Crippen LogP contribution in [-0.4, -0.2) is 11.1 Å². The molecule has 0 spiro atoms. The van der Waals surface area contributed by atoms with Crippen molar-refractivity contribution in [3.8, 4) is 0 Å². The second-order valence-corrected chi connectivity index (χ2v) is 6.78. The first-order chi connectivity index (χ1) is 11.8. The van der Waals surface area contributed by atoms with Crippen LogP contribution in [0, 0.1) is 0 Å². The fourth-order valence-electron chi connectivity index (χ4n) is 2.78. The van der Waals surface area contributed by atoms with Crippen LogP contribution < -0.4 is 0 Å². The van der Waals surface area contributed by atoms with Crippen LogP contribution in [0.4, 0.5) is 0 Å². The molecule has 0 fully saturated rings. The van der Waals surface area contributed by atoms with E-state index in [2.05, 4.69) is 31.2 Å². The predicted molar refractivity (Wildman–Crippen MR) is 105 cm³/mol. The summed E-state index contributed by atoms with van der Waals surface area (Å²) in [6.45, 7) is 2.27. The van der Waals surface area contributed by atoms with E-state index in [1.54, 1.807) is 0 Å². The van der Waals surface area contributed by atoms with Crippen molar-refractivity contribution in [3.63, 3.8) is 0 Å². The van der Waals surface area contributed by atoms with E-state index >= 15 is 0 Å². The van der Waals surface area contributed by atoms with E-state index in [0.29, 0.717) is 0 Å². The minimum absolute atomic E-state index is 0.281. The molecule has 1 N–H and O–H groups in total. The third-order valence-corrected chi connectivity index (χ3v) is 4.32. The van der Waals surface area contributed by atoms with Crippen molar-refractivity contribution in [2.24, 2.45) is 0 Å². The van der Waals surface area contributed by atoms with Crippen molar-refractivity contribution in [3.05, 3.63) is 24.3 Å². The Labute approximate surface area is 150 Å². The summed E-state index contributed by atoms with van der Waals surface area (Å²) in [7, 11) is 0. The molecular formula is C22H40O2. The van der Waals surface area contributed by atoms with Gasteiger partial charge in [0.25, 0.3) is 0 Å². The fourth-order valence-corrected chi connectivity index (χ4v) is 2.78. The fraction of sp³-hybridized carbons (Fsp3) is 0.773. The van der Waals surface area contributed by atoms with Crippen molar-refractivity contribution in [1.82, 2.24) is 0 Å². The molecule has 0 saturated heterocycles. The van der Waals surface area contributed by atoms with Gasteiger partial charge in [-0.3, -0.25) is 4.79 Å². The molecule has 0 aliphatic carbocycles. The number of unbranched alkanes of at least 4 members (excludes halogenated alkanes) is 12. The highest BCUT2D eigenvalue weighted by Gasteiger charge is 1.93. The molecule has 0 aromatic rings. The third-order valence-electron chi connectivity index (χ3n) is 4.32. The summed E-state index contributed by atoms with van der Waals surface area (Å²) in [6, 6.07) is 0. The number of hydrogen-bond acceptors (Lipinski definition) is 1. The van der Waals surface area contributed by atoms with Crippen molar-refractivity contribution in [1.29, 1.82) is 0 Å². The van der Waals surface area contributed by atoms with E-state index in [-0.39, 0.29) is 6.42 Å². The van der Waals surface area contributed by atoms with Crippen LogP contribution in [0.25, 0.3) is 0 Å². The number of carbonyl (C=O) groups is 1. The average molecular weight is 337 g/mol. The van der Waals surface area contributed by atoms with E-state index in [9.17, 15) is 4.79 Å². The van der Waals surface area contributed by atoms with Gasteiger partial charge in [-0.2, -0.15) is 0 Å². The third kappa shape index (κ3) is 20.9. The van der Waals surface area contributed by atoms with Gasteiger partial charge in [-0.05, 0) is 38.5 Å². The molecule has 0 atom stereocenters. The van der Waals surface area contributed by atoms with Crippen LogP contribution in [0.5, 0.6) is 0 Å². The molecule has 0 radical (unpaired) electrons. The summed E-state index contributed by atoms with van der Waals surface area (Å²) >= 11 is 0. The van der Waals surface area contributed by atoms with Crippen LogP contribution in [0.3, 0.4) is 0 Å². The maximum absolute atomic E-state index is 10.3. The molecule has 0 aliphatic rings. The molecule has 0 heterocycles. The normalized spacial score (nSPS) is 11.7. The van der Waals surface area contributed by atoms with Gasteiger partial charge in [0.15, 0.2) is 0 Å². The molecule has 0 saturated carbocycles. The molecule has 0 amide bonds. The van der Waals surface area contributed by atoms with Crippen molar-refractivity contribution in [2.45, 2.75) is 110 Å². The zero-order valence-electron chi connectivity index (χ0n) is 16.0. The van der Waals surface area contributed by atoms with Gasteiger partial charge in [-0.1, -0.05) is 89.0 Å². The van der Waals surface area contributed by atoms with Crippen LogP contribution in [-0.2, 0) is 4.79 Å². The number of carboxylic acids is 1. The van der Waals surface area contributed by atoms with E-state index in [1.807, 2.05) is 0 Å². The lowest BCUT2D eigenvalue weighted by atomic mass is 10.1. The van der Waals surface area contributed by atoms with E-state index in [4.69, 9.17) is 5.11 Å². The quantitative estimate of drug-likeness (QED) is 0.208. The molecule has 0 rings (SSSR count). The standard InChI is InChI=1S/C22H40O2/c1-2-3-4-5-6-7-8-9-10-11-12-13-14-15-16-17-18-19-20-21-22(23)24/h13-14,17-18H,2-12,15-16,19-21H2,1H3,(H,23,24)/b14-13+,18-17+. The number of aliphatic carboxylic acids is 1. The molecular weight excluding hydrogens is 296 g/mol. The van der Waals surface area contributed by atoms with E-state index < -0.39 is 5.97 Å². The van der Waals surface area contributed by atoms with Gasteiger partial charge < -0.3 is 5.11 Å². The summed E-state index contributed by atoms with van der Waals surface area (Å²) in [4.78, 5) is 10.3. The van der Waals surface area contributed by atoms with Crippen LogP contribution in [0.2, 0.25) is 0 Å². The highest BCUT2D eigenvalue weighted by molar-refractivity contribution is 5.66. The Bertz CT molecular complexity index is 318. The van der Waals surface area contributed by atoms with Gasteiger partial charge in [0, 0.05) is 6.42 Å². The van der Waals surface area contributed by atoms with Gasteiger partial charge in [0.2, 0.25) is 0 Å². The average Bonchev–Trinajstić information content (AvgIpc) is 2.56. The zero-order chi connectivity index (χ0) is 17.7. The van der Waals surface area contributed by atoms with E-state index in [0.717, 1.165) is 25.7 Å². The minimum Gasteiger partial charge on any atom is -0.481 e. The van der Waals surface area contributed by atoms with Gasteiger partial charge in [-0.15, -0.1) is 0 Å². The van der Waals surface area contributed by atoms with Crippen LogP contribution >= 0.6 is 0 Å². The molecule has 24 heavy (non-hydrogen) atoms. The van der Waals surface area contributed by atoms with Crippen LogP contribution in [0.1, 0.15) is 110 Å². The van der Waals surface area contributed by atoms with Gasteiger partial charge >= 0.3 is 5.97 Å². The Balaban J connectivity index is 3.16. The SMILES string of the molecule is CCCCCCCCCCCC/C=C/CC/C=C/CCCC(=O)O. The largest absolute Gasteiger partial charge is 0.481 e. The molecule has 0 aliphatic heterocycles. The first kappa shape index (κ1) is 22.9. The number of carboxylic acid groups (broad SMARTS) is 1. The second-order valence-electron chi connectivity index (χ2n) is 6.78. The molecule has 0 unspecified atom stereocenters. The summed E-state index contributed by atoms with van der Waals surface area (Å²) < 4.78 is 0. The molecule has 2 nitrogen and oxygen atoms in total.